The van der Waals surface area contributed by atoms with Gasteiger partial charge in [-0.15, -0.1) is 0 Å². The van der Waals surface area contributed by atoms with Crippen LogP contribution in [0.3, 0.4) is 0 Å². The van der Waals surface area contributed by atoms with E-state index in [0.717, 1.165) is 13.1 Å². The fraction of sp³-hybridized carbons (Fsp3) is 0.471. The predicted octanol–water partition coefficient (Wildman–Crippen LogP) is 2.52. The first-order valence-electron chi connectivity index (χ1n) is 7.59. The van der Waals surface area contributed by atoms with Crippen LogP contribution in [0.1, 0.15) is 25.8 Å². The minimum absolute atomic E-state index is 0.0753. The van der Waals surface area contributed by atoms with Gasteiger partial charge >= 0.3 is 0 Å². The fourth-order valence-corrected chi connectivity index (χ4v) is 2.41. The van der Waals surface area contributed by atoms with Crippen LogP contribution in [0.25, 0.3) is 10.9 Å². The molecule has 2 rings (SSSR count). The zero-order chi connectivity index (χ0) is 15.2. The number of benzene rings is 1. The highest BCUT2D eigenvalue weighted by Crippen LogP contribution is 2.18. The Morgan fingerprint density at radius 3 is 2.81 bits per heavy atom. The van der Waals surface area contributed by atoms with Crippen molar-refractivity contribution in [2.45, 2.75) is 33.4 Å². The largest absolute Gasteiger partial charge is 0.359 e. The van der Waals surface area contributed by atoms with Crippen LogP contribution < -0.4 is 10.6 Å². The molecule has 2 aromatic rings. The molecule has 1 aromatic carbocycles. The summed E-state index contributed by atoms with van der Waals surface area (Å²) >= 11 is 0. The first-order chi connectivity index (χ1) is 10.1. The first-order valence-corrected chi connectivity index (χ1v) is 7.59. The van der Waals surface area contributed by atoms with E-state index in [1.54, 1.807) is 7.05 Å². The number of hydrogen-bond acceptors (Lipinski definition) is 2. The number of nitrogens with one attached hydrogen (secondary N) is 2. The zero-order valence-electron chi connectivity index (χ0n) is 13.1. The Labute approximate surface area is 126 Å². The summed E-state index contributed by atoms with van der Waals surface area (Å²) in [6, 6.07) is 8.64. The molecule has 4 heteroatoms. The minimum Gasteiger partial charge on any atom is -0.359 e. The number of fused-ring (bicyclic) bond motifs is 1. The minimum atomic E-state index is 0.0753. The first kappa shape index (κ1) is 15.6. The Balaban J connectivity index is 2.02. The summed E-state index contributed by atoms with van der Waals surface area (Å²) in [6.45, 7) is 7.07. The zero-order valence-corrected chi connectivity index (χ0v) is 13.1. The van der Waals surface area contributed by atoms with Crippen molar-refractivity contribution < 1.29 is 4.79 Å². The lowest BCUT2D eigenvalue weighted by Gasteiger charge is -2.08. The number of nitrogens with zero attached hydrogens (tertiary/aromatic N) is 1. The molecule has 0 bridgehead atoms. The maximum atomic E-state index is 11.3. The molecule has 0 aliphatic carbocycles. The van der Waals surface area contributed by atoms with Crippen LogP contribution in [0.4, 0.5) is 0 Å². The SMILES string of the molecule is CNC(=O)CCn1ccc2cc(CNCC(C)C)ccc21. The molecule has 0 aliphatic heterocycles. The van der Waals surface area contributed by atoms with E-state index in [-0.39, 0.29) is 5.91 Å². The van der Waals surface area contributed by atoms with Crippen LogP contribution in [0.5, 0.6) is 0 Å². The molecule has 1 aromatic heterocycles. The Morgan fingerprint density at radius 2 is 2.10 bits per heavy atom. The fourth-order valence-electron chi connectivity index (χ4n) is 2.41. The van der Waals surface area contributed by atoms with Crippen LogP contribution in [0.2, 0.25) is 0 Å². The van der Waals surface area contributed by atoms with Crippen molar-refractivity contribution in [1.29, 1.82) is 0 Å². The highest BCUT2D eigenvalue weighted by molar-refractivity contribution is 5.81. The summed E-state index contributed by atoms with van der Waals surface area (Å²) in [5.41, 5.74) is 2.48. The molecular formula is C17H25N3O. The lowest BCUT2D eigenvalue weighted by atomic mass is 10.1. The average molecular weight is 287 g/mol. The summed E-state index contributed by atoms with van der Waals surface area (Å²) in [4.78, 5) is 11.3. The van der Waals surface area contributed by atoms with Gasteiger partial charge < -0.3 is 15.2 Å². The number of carbonyl (C=O) groups is 1. The van der Waals surface area contributed by atoms with Crippen LogP contribution in [-0.4, -0.2) is 24.1 Å². The maximum absolute atomic E-state index is 11.3. The third kappa shape index (κ3) is 4.33. The summed E-state index contributed by atoms with van der Waals surface area (Å²) in [7, 11) is 1.67. The molecule has 0 radical (unpaired) electrons. The van der Waals surface area contributed by atoms with E-state index in [2.05, 4.69) is 59.5 Å². The van der Waals surface area contributed by atoms with Gasteiger partial charge in [0.1, 0.15) is 0 Å². The Hall–Kier alpha value is -1.81. The molecule has 0 spiro atoms. The molecule has 0 saturated heterocycles. The number of amides is 1. The van der Waals surface area contributed by atoms with Gasteiger partial charge in [0.2, 0.25) is 5.91 Å². The lowest BCUT2D eigenvalue weighted by molar-refractivity contribution is -0.120. The molecule has 114 valence electrons. The number of aromatic nitrogens is 1. The van der Waals surface area contributed by atoms with E-state index < -0.39 is 0 Å². The second-order valence-electron chi connectivity index (χ2n) is 5.85. The third-order valence-electron chi connectivity index (χ3n) is 3.58. The van der Waals surface area contributed by atoms with Crippen LogP contribution >= 0.6 is 0 Å². The molecule has 0 atom stereocenters. The summed E-state index contributed by atoms with van der Waals surface area (Å²) < 4.78 is 2.13. The molecule has 2 N–H and O–H groups in total. The standard InChI is InChI=1S/C17H25N3O/c1-13(2)11-19-12-14-4-5-16-15(10-14)6-8-20(16)9-7-17(21)18-3/h4-6,8,10,13,19H,7,9,11-12H2,1-3H3,(H,18,21). The maximum Gasteiger partial charge on any atom is 0.221 e. The van der Waals surface area contributed by atoms with E-state index in [9.17, 15) is 4.79 Å². The summed E-state index contributed by atoms with van der Waals surface area (Å²) in [6.07, 6.45) is 2.57. The van der Waals surface area contributed by atoms with Gasteiger partial charge in [-0.05, 0) is 41.6 Å². The smallest absolute Gasteiger partial charge is 0.221 e. The van der Waals surface area contributed by atoms with Gasteiger partial charge in [0.05, 0.1) is 0 Å². The third-order valence-corrected chi connectivity index (χ3v) is 3.58. The molecule has 1 amide bonds. The quantitative estimate of drug-likeness (QED) is 0.822. The van der Waals surface area contributed by atoms with Crippen molar-refractivity contribution in [2.75, 3.05) is 13.6 Å². The second kappa shape index (κ2) is 7.27. The predicted molar refractivity (Wildman–Crippen MR) is 87.2 cm³/mol. The second-order valence-corrected chi connectivity index (χ2v) is 5.85. The molecule has 0 aliphatic rings. The van der Waals surface area contributed by atoms with Crippen LogP contribution in [0.15, 0.2) is 30.5 Å². The lowest BCUT2D eigenvalue weighted by Crippen LogP contribution is -2.19. The Morgan fingerprint density at radius 1 is 1.29 bits per heavy atom. The Kier molecular flexibility index (Phi) is 5.39. The molecule has 0 unspecified atom stereocenters. The van der Waals surface area contributed by atoms with E-state index in [1.807, 2.05) is 0 Å². The number of aryl methyl sites for hydroxylation is 1. The van der Waals surface area contributed by atoms with Crippen molar-refractivity contribution >= 4 is 16.8 Å². The van der Waals surface area contributed by atoms with Gasteiger partial charge in [0.15, 0.2) is 0 Å². The van der Waals surface area contributed by atoms with E-state index in [1.165, 1.54) is 16.5 Å². The van der Waals surface area contributed by atoms with E-state index in [0.29, 0.717) is 18.9 Å². The monoisotopic (exact) mass is 287 g/mol. The highest BCUT2D eigenvalue weighted by atomic mass is 16.1. The number of hydrogen-bond donors (Lipinski definition) is 2. The van der Waals surface area contributed by atoms with Crippen LogP contribution in [0, 0.1) is 5.92 Å². The average Bonchev–Trinajstić information content (AvgIpc) is 2.86. The molecule has 21 heavy (non-hydrogen) atoms. The normalized spacial score (nSPS) is 11.2. The molecule has 0 fully saturated rings. The van der Waals surface area contributed by atoms with E-state index >= 15 is 0 Å². The van der Waals surface area contributed by atoms with Crippen molar-refractivity contribution in [3.63, 3.8) is 0 Å². The van der Waals surface area contributed by atoms with Gasteiger partial charge in [-0.1, -0.05) is 19.9 Å². The van der Waals surface area contributed by atoms with Gasteiger partial charge in [-0.2, -0.15) is 0 Å². The molecule has 4 nitrogen and oxygen atoms in total. The van der Waals surface area contributed by atoms with Gasteiger partial charge in [-0.25, -0.2) is 0 Å². The van der Waals surface area contributed by atoms with Crippen molar-refractivity contribution in [1.82, 2.24) is 15.2 Å². The molecular weight excluding hydrogens is 262 g/mol. The van der Waals surface area contributed by atoms with Crippen LogP contribution in [-0.2, 0) is 17.9 Å². The van der Waals surface area contributed by atoms with Crippen molar-refractivity contribution in [3.8, 4) is 0 Å². The summed E-state index contributed by atoms with van der Waals surface area (Å²) in [5.74, 6) is 0.742. The molecule has 0 saturated carbocycles. The van der Waals surface area contributed by atoms with E-state index in [4.69, 9.17) is 0 Å². The molecule has 1 heterocycles. The van der Waals surface area contributed by atoms with Crippen molar-refractivity contribution in [2.24, 2.45) is 5.92 Å². The number of carbonyl (C=O) groups excluding carboxylic acids is 1. The topological polar surface area (TPSA) is 46.1 Å². The van der Waals surface area contributed by atoms with Gasteiger partial charge in [0, 0.05) is 38.3 Å². The van der Waals surface area contributed by atoms with Gasteiger partial charge in [0.25, 0.3) is 0 Å². The van der Waals surface area contributed by atoms with Gasteiger partial charge in [-0.3, -0.25) is 4.79 Å². The Bertz CT molecular complexity index is 601. The number of rotatable bonds is 7. The van der Waals surface area contributed by atoms with Crippen molar-refractivity contribution in [3.05, 3.63) is 36.0 Å². The highest BCUT2D eigenvalue weighted by Gasteiger charge is 2.04. The summed E-state index contributed by atoms with van der Waals surface area (Å²) in [5, 5.41) is 7.35.